The number of para-hydroxylation sites is 1. The van der Waals surface area contributed by atoms with Crippen molar-refractivity contribution in [2.45, 2.75) is 57.2 Å². The fraction of sp³-hybridized carbons (Fsp3) is 0.478. The maximum absolute atomic E-state index is 10.7. The van der Waals surface area contributed by atoms with Crippen LogP contribution in [0.15, 0.2) is 37.1 Å². The SMILES string of the molecule is C=CCc1cccc(CN2[C@@H]3CC[C@@H]2c2cnc(N4CCCC4)nc2C3)c1O. The highest BCUT2D eigenvalue weighted by Gasteiger charge is 2.41. The largest absolute Gasteiger partial charge is 0.507 e. The molecule has 5 heteroatoms. The highest BCUT2D eigenvalue weighted by Crippen LogP contribution is 2.44. The van der Waals surface area contributed by atoms with E-state index in [0.29, 0.717) is 24.3 Å². The molecule has 3 aliphatic rings. The molecule has 2 saturated heterocycles. The molecule has 0 spiro atoms. The number of allylic oxidation sites excluding steroid dienone is 1. The third-order valence-corrected chi connectivity index (χ3v) is 6.63. The first-order valence-electron chi connectivity index (χ1n) is 10.5. The molecule has 0 aliphatic carbocycles. The zero-order valence-electron chi connectivity index (χ0n) is 16.3. The van der Waals surface area contributed by atoms with E-state index in [-0.39, 0.29) is 0 Å². The topological polar surface area (TPSA) is 52.5 Å². The highest BCUT2D eigenvalue weighted by molar-refractivity contribution is 5.42. The van der Waals surface area contributed by atoms with Crippen LogP contribution in [0.1, 0.15) is 54.1 Å². The Hall–Kier alpha value is -2.40. The summed E-state index contributed by atoms with van der Waals surface area (Å²) in [5, 5.41) is 10.7. The predicted octanol–water partition coefficient (Wildman–Crippen LogP) is 3.77. The second-order valence-electron chi connectivity index (χ2n) is 8.31. The van der Waals surface area contributed by atoms with E-state index >= 15 is 0 Å². The summed E-state index contributed by atoms with van der Waals surface area (Å²) in [5.41, 5.74) is 4.49. The molecule has 2 atom stereocenters. The standard InChI is InChI=1S/C23H28N4O/c1-2-6-16-7-5-8-17(22(16)28)15-27-18-9-10-21(27)19-14-24-23(25-20(19)13-18)26-11-3-4-12-26/h2,5,7-8,14,18,21,28H,1,3-4,6,9-13,15H2/t18-,21-/m1/s1. The van der Waals surface area contributed by atoms with Crippen molar-refractivity contribution in [3.05, 3.63) is 59.4 Å². The molecule has 3 aliphatic heterocycles. The third-order valence-electron chi connectivity index (χ3n) is 6.63. The van der Waals surface area contributed by atoms with E-state index in [4.69, 9.17) is 9.97 Å². The van der Waals surface area contributed by atoms with E-state index < -0.39 is 0 Å². The smallest absolute Gasteiger partial charge is 0.225 e. The number of hydrogen-bond acceptors (Lipinski definition) is 5. The highest BCUT2D eigenvalue weighted by atomic mass is 16.3. The molecule has 2 fully saturated rings. The third kappa shape index (κ3) is 2.98. The molecule has 146 valence electrons. The van der Waals surface area contributed by atoms with Crippen LogP contribution in [-0.4, -0.2) is 39.1 Å². The molecule has 4 heterocycles. The number of hydrogen-bond donors (Lipinski definition) is 1. The van der Waals surface area contributed by atoms with Crippen molar-refractivity contribution >= 4 is 5.95 Å². The summed E-state index contributed by atoms with van der Waals surface area (Å²) < 4.78 is 0. The van der Waals surface area contributed by atoms with E-state index in [2.05, 4.69) is 22.6 Å². The molecule has 28 heavy (non-hydrogen) atoms. The Kier molecular flexibility index (Phi) is 4.55. The lowest BCUT2D eigenvalue weighted by molar-refractivity contribution is 0.164. The van der Waals surface area contributed by atoms with Gasteiger partial charge in [0.25, 0.3) is 0 Å². The number of rotatable bonds is 5. The summed E-state index contributed by atoms with van der Waals surface area (Å²) in [6.07, 6.45) is 10.4. The number of phenols is 1. The minimum Gasteiger partial charge on any atom is -0.507 e. The van der Waals surface area contributed by atoms with E-state index in [0.717, 1.165) is 49.6 Å². The van der Waals surface area contributed by atoms with Gasteiger partial charge in [0.15, 0.2) is 0 Å². The number of nitrogens with zero attached hydrogens (tertiary/aromatic N) is 4. The average molecular weight is 377 g/mol. The first-order valence-corrected chi connectivity index (χ1v) is 10.5. The van der Waals surface area contributed by atoms with Crippen LogP contribution in [0, 0.1) is 0 Å². The van der Waals surface area contributed by atoms with Crippen LogP contribution in [0.3, 0.4) is 0 Å². The Morgan fingerprint density at radius 2 is 2.00 bits per heavy atom. The minimum absolute atomic E-state index is 0.365. The van der Waals surface area contributed by atoms with Gasteiger partial charge < -0.3 is 10.0 Å². The first kappa shape index (κ1) is 17.7. The maximum Gasteiger partial charge on any atom is 0.225 e. The Morgan fingerprint density at radius 3 is 2.82 bits per heavy atom. The molecule has 1 N–H and O–H groups in total. The Balaban J connectivity index is 1.41. The van der Waals surface area contributed by atoms with Crippen molar-refractivity contribution in [2.75, 3.05) is 18.0 Å². The summed E-state index contributed by atoms with van der Waals surface area (Å²) in [5.74, 6) is 1.34. The van der Waals surface area contributed by atoms with Gasteiger partial charge in [0.2, 0.25) is 5.95 Å². The quantitative estimate of drug-likeness (QED) is 0.805. The molecule has 1 aromatic heterocycles. The first-order chi connectivity index (χ1) is 13.7. The molecular formula is C23H28N4O. The summed E-state index contributed by atoms with van der Waals surface area (Å²) in [6, 6.07) is 6.93. The molecule has 1 aromatic carbocycles. The number of anilines is 1. The monoisotopic (exact) mass is 376 g/mol. The van der Waals surface area contributed by atoms with Gasteiger partial charge in [0.1, 0.15) is 5.75 Å². The summed E-state index contributed by atoms with van der Waals surface area (Å²) in [7, 11) is 0. The Labute approximate surface area is 166 Å². The molecule has 0 amide bonds. The number of aromatic nitrogens is 2. The van der Waals surface area contributed by atoms with Crippen LogP contribution >= 0.6 is 0 Å². The molecule has 0 saturated carbocycles. The molecule has 5 nitrogen and oxygen atoms in total. The zero-order chi connectivity index (χ0) is 19.1. The van der Waals surface area contributed by atoms with Crippen LogP contribution in [0.25, 0.3) is 0 Å². The summed E-state index contributed by atoms with van der Waals surface area (Å²) in [6.45, 7) is 6.74. The number of aromatic hydroxyl groups is 1. The van der Waals surface area contributed by atoms with Crippen molar-refractivity contribution in [3.63, 3.8) is 0 Å². The number of fused-ring (bicyclic) bond motifs is 4. The molecular weight excluding hydrogens is 348 g/mol. The normalized spacial score (nSPS) is 23.8. The second-order valence-corrected chi connectivity index (χ2v) is 8.31. The number of phenolic OH excluding ortho intramolecular Hbond substituents is 1. The van der Waals surface area contributed by atoms with E-state index in [1.165, 1.54) is 30.5 Å². The lowest BCUT2D eigenvalue weighted by Gasteiger charge is -2.36. The summed E-state index contributed by atoms with van der Waals surface area (Å²) in [4.78, 5) is 14.5. The van der Waals surface area contributed by atoms with Crippen molar-refractivity contribution < 1.29 is 5.11 Å². The van der Waals surface area contributed by atoms with Crippen LogP contribution in [0.2, 0.25) is 0 Å². The second kappa shape index (κ2) is 7.21. The van der Waals surface area contributed by atoms with Crippen molar-refractivity contribution in [3.8, 4) is 5.75 Å². The van der Waals surface area contributed by atoms with Gasteiger partial charge in [-0.05, 0) is 37.7 Å². The molecule has 5 rings (SSSR count). The van der Waals surface area contributed by atoms with Crippen LogP contribution in [0.4, 0.5) is 5.95 Å². The molecule has 0 unspecified atom stereocenters. The van der Waals surface area contributed by atoms with Crippen LogP contribution in [-0.2, 0) is 19.4 Å². The average Bonchev–Trinajstić information content (AvgIpc) is 3.33. The maximum atomic E-state index is 10.7. The van der Waals surface area contributed by atoms with E-state index in [9.17, 15) is 5.11 Å². The molecule has 2 bridgehead atoms. The molecule has 2 aromatic rings. The Morgan fingerprint density at radius 1 is 1.18 bits per heavy atom. The fourth-order valence-corrected chi connectivity index (χ4v) is 5.17. The minimum atomic E-state index is 0.365. The van der Waals surface area contributed by atoms with Crippen molar-refractivity contribution in [1.82, 2.24) is 14.9 Å². The van der Waals surface area contributed by atoms with Gasteiger partial charge in [-0.1, -0.05) is 24.3 Å². The van der Waals surface area contributed by atoms with Gasteiger partial charge in [0, 0.05) is 55.5 Å². The Bertz CT molecular complexity index is 890. The zero-order valence-corrected chi connectivity index (χ0v) is 16.3. The predicted molar refractivity (Wildman–Crippen MR) is 110 cm³/mol. The van der Waals surface area contributed by atoms with Gasteiger partial charge in [-0.2, -0.15) is 0 Å². The van der Waals surface area contributed by atoms with Gasteiger partial charge in [-0.15, -0.1) is 6.58 Å². The van der Waals surface area contributed by atoms with Crippen LogP contribution in [0.5, 0.6) is 5.75 Å². The van der Waals surface area contributed by atoms with Gasteiger partial charge in [-0.25, -0.2) is 9.97 Å². The van der Waals surface area contributed by atoms with Gasteiger partial charge >= 0.3 is 0 Å². The number of benzene rings is 1. The lowest BCUT2D eigenvalue weighted by Crippen LogP contribution is -2.38. The van der Waals surface area contributed by atoms with Crippen LogP contribution < -0.4 is 4.90 Å². The van der Waals surface area contributed by atoms with Gasteiger partial charge in [0.05, 0.1) is 5.69 Å². The summed E-state index contributed by atoms with van der Waals surface area (Å²) >= 11 is 0. The van der Waals surface area contributed by atoms with E-state index in [1.807, 2.05) is 24.3 Å². The van der Waals surface area contributed by atoms with Gasteiger partial charge in [-0.3, -0.25) is 4.90 Å². The van der Waals surface area contributed by atoms with E-state index in [1.54, 1.807) is 0 Å². The lowest BCUT2D eigenvalue weighted by atomic mass is 9.97. The fourth-order valence-electron chi connectivity index (χ4n) is 5.17. The van der Waals surface area contributed by atoms with Crippen molar-refractivity contribution in [1.29, 1.82) is 0 Å². The van der Waals surface area contributed by atoms with Crippen molar-refractivity contribution in [2.24, 2.45) is 0 Å². The molecule has 0 radical (unpaired) electrons.